The van der Waals surface area contributed by atoms with Crippen LogP contribution in [0.2, 0.25) is 0 Å². The van der Waals surface area contributed by atoms with Crippen LogP contribution in [-0.4, -0.2) is 38.3 Å². The summed E-state index contributed by atoms with van der Waals surface area (Å²) in [6.07, 6.45) is 1.80. The smallest absolute Gasteiger partial charge is 0.301 e. The molecule has 1 unspecified atom stereocenters. The average molecular weight is 529 g/mol. The predicted molar refractivity (Wildman–Crippen MR) is 142 cm³/mol. The summed E-state index contributed by atoms with van der Waals surface area (Å²) >= 11 is 1.17. The monoisotopic (exact) mass is 528 g/mol. The highest BCUT2D eigenvalue weighted by Gasteiger charge is 2.49. The highest BCUT2D eigenvalue weighted by atomic mass is 32.1. The minimum absolute atomic E-state index is 0.0580. The Morgan fingerprint density at radius 2 is 1.87 bits per heavy atom. The van der Waals surface area contributed by atoms with E-state index in [9.17, 15) is 14.7 Å². The fourth-order valence-corrected chi connectivity index (χ4v) is 5.84. The first-order chi connectivity index (χ1) is 18.3. The number of carbonyl (C=O) groups is 2. The topological polar surface area (TPSA) is 97.0 Å². The van der Waals surface area contributed by atoms with Gasteiger partial charge in [-0.05, 0) is 49.7 Å². The number of hydrogen-bond acceptors (Lipinski definition) is 7. The molecule has 1 aliphatic rings. The van der Waals surface area contributed by atoms with Crippen molar-refractivity contribution in [2.75, 3.05) is 12.0 Å². The van der Waals surface area contributed by atoms with Crippen molar-refractivity contribution in [3.8, 4) is 5.75 Å². The van der Waals surface area contributed by atoms with Gasteiger partial charge in [0.2, 0.25) is 0 Å². The second-order valence-corrected chi connectivity index (χ2v) is 9.96. The van der Waals surface area contributed by atoms with Crippen molar-refractivity contribution in [1.29, 1.82) is 0 Å². The minimum Gasteiger partial charge on any atom is -0.505 e. The van der Waals surface area contributed by atoms with Gasteiger partial charge in [-0.1, -0.05) is 35.6 Å². The van der Waals surface area contributed by atoms with E-state index >= 15 is 4.39 Å². The normalized spacial score (nSPS) is 17.2. The van der Waals surface area contributed by atoms with Gasteiger partial charge in [0.15, 0.2) is 10.9 Å². The van der Waals surface area contributed by atoms with E-state index in [2.05, 4.69) is 9.97 Å². The molecule has 8 nitrogen and oxygen atoms in total. The molecule has 0 spiro atoms. The molecule has 0 bridgehead atoms. The summed E-state index contributed by atoms with van der Waals surface area (Å²) in [4.78, 5) is 37.3. The number of fused-ring (bicyclic) bond motifs is 2. The van der Waals surface area contributed by atoms with Gasteiger partial charge in [0, 0.05) is 11.8 Å². The molecule has 190 valence electrons. The lowest BCUT2D eigenvalue weighted by molar-refractivity contribution is -0.132. The summed E-state index contributed by atoms with van der Waals surface area (Å²) in [7, 11) is 1.54. The van der Waals surface area contributed by atoms with Gasteiger partial charge < -0.3 is 14.2 Å². The first kappa shape index (κ1) is 23.8. The van der Waals surface area contributed by atoms with Crippen LogP contribution in [0.5, 0.6) is 5.75 Å². The molecule has 1 amide bonds. The Bertz CT molecular complexity index is 1820. The van der Waals surface area contributed by atoms with Crippen LogP contribution in [-0.2, 0) is 9.59 Å². The van der Waals surface area contributed by atoms with Crippen LogP contribution in [0.1, 0.15) is 28.6 Å². The maximum absolute atomic E-state index is 15.2. The number of imidazole rings is 1. The zero-order chi connectivity index (χ0) is 26.7. The number of rotatable bonds is 4. The second kappa shape index (κ2) is 8.77. The first-order valence-electron chi connectivity index (χ1n) is 11.7. The number of thiazole rings is 1. The van der Waals surface area contributed by atoms with E-state index in [1.807, 2.05) is 19.1 Å². The third-order valence-corrected chi connectivity index (χ3v) is 7.76. The van der Waals surface area contributed by atoms with Gasteiger partial charge in [0.05, 0.1) is 28.6 Å². The summed E-state index contributed by atoms with van der Waals surface area (Å²) in [5.41, 5.74) is 2.59. The summed E-state index contributed by atoms with van der Waals surface area (Å²) in [5.74, 6) is -2.34. The van der Waals surface area contributed by atoms with E-state index in [4.69, 9.17) is 4.74 Å². The van der Waals surface area contributed by atoms with Gasteiger partial charge in [0.25, 0.3) is 5.78 Å². The number of methoxy groups -OCH3 is 1. The fraction of sp³-hybridized carbons (Fsp3) is 0.143. The molecule has 3 aromatic heterocycles. The SMILES string of the molecule is COc1ccc2nc(N3C(=O)C(=O)/C(=C(/O)c4nc5c(C)cccn5c4C)C3c3ccccc3F)sc2c1. The van der Waals surface area contributed by atoms with E-state index in [0.717, 1.165) is 15.2 Å². The van der Waals surface area contributed by atoms with Crippen molar-refractivity contribution < 1.29 is 23.8 Å². The number of pyridine rings is 1. The summed E-state index contributed by atoms with van der Waals surface area (Å²) < 4.78 is 23.0. The fourth-order valence-electron chi connectivity index (χ4n) is 4.82. The van der Waals surface area contributed by atoms with E-state index in [1.54, 1.807) is 48.9 Å². The lowest BCUT2D eigenvalue weighted by Crippen LogP contribution is -2.29. The zero-order valence-corrected chi connectivity index (χ0v) is 21.4. The molecule has 1 saturated heterocycles. The molecule has 0 saturated carbocycles. The second-order valence-electron chi connectivity index (χ2n) is 8.95. The molecule has 1 fully saturated rings. The standard InChI is InChI=1S/C28H21FN4O4S/c1-14-7-6-12-32-15(2)22(31-26(14)32)24(34)21-23(17-8-4-5-9-18(17)29)33(27(36)25(21)35)28-30-19-11-10-16(37-3)13-20(19)38-28/h4-13,23,34H,1-3H3/b24-21+. The van der Waals surface area contributed by atoms with Crippen molar-refractivity contribution in [3.05, 3.63) is 94.7 Å². The number of Topliss-reactive ketones (excluding diaryl/α,β-unsaturated/α-hetero) is 1. The molecule has 6 rings (SSSR count). The third kappa shape index (κ3) is 3.48. The summed E-state index contributed by atoms with van der Waals surface area (Å²) in [6.45, 7) is 3.63. The Hall–Kier alpha value is -4.57. The molecule has 5 aromatic rings. The first-order valence-corrected chi connectivity index (χ1v) is 12.6. The molecule has 10 heteroatoms. The molecule has 4 heterocycles. The van der Waals surface area contributed by atoms with Crippen molar-refractivity contribution >= 4 is 49.8 Å². The van der Waals surface area contributed by atoms with E-state index in [0.29, 0.717) is 22.6 Å². The van der Waals surface area contributed by atoms with E-state index < -0.39 is 29.3 Å². The van der Waals surface area contributed by atoms with Crippen LogP contribution in [0.25, 0.3) is 21.6 Å². The van der Waals surface area contributed by atoms with Crippen molar-refractivity contribution in [2.45, 2.75) is 19.9 Å². The molecular weight excluding hydrogens is 507 g/mol. The number of nitrogens with zero attached hydrogens (tertiary/aromatic N) is 4. The lowest BCUT2D eigenvalue weighted by Gasteiger charge is -2.23. The summed E-state index contributed by atoms with van der Waals surface area (Å²) in [6, 6.07) is 13.6. The molecule has 1 atom stereocenters. The highest BCUT2D eigenvalue weighted by molar-refractivity contribution is 7.22. The Balaban J connectivity index is 1.60. The van der Waals surface area contributed by atoms with Gasteiger partial charge >= 0.3 is 5.91 Å². The number of aliphatic hydroxyl groups excluding tert-OH is 1. The zero-order valence-electron chi connectivity index (χ0n) is 20.6. The van der Waals surface area contributed by atoms with Gasteiger partial charge in [-0.2, -0.15) is 0 Å². The number of amides is 1. The molecule has 0 aliphatic carbocycles. The lowest BCUT2D eigenvalue weighted by atomic mass is 9.96. The van der Waals surface area contributed by atoms with Crippen LogP contribution in [0, 0.1) is 19.7 Å². The maximum atomic E-state index is 15.2. The number of carbonyl (C=O) groups excluding carboxylic acids is 2. The van der Waals surface area contributed by atoms with Gasteiger partial charge in [0.1, 0.15) is 28.9 Å². The Morgan fingerprint density at radius 1 is 1.08 bits per heavy atom. The molecule has 0 radical (unpaired) electrons. The number of ether oxygens (including phenoxy) is 1. The summed E-state index contributed by atoms with van der Waals surface area (Å²) in [5, 5.41) is 11.7. The molecule has 2 aromatic carbocycles. The van der Waals surface area contributed by atoms with Gasteiger partial charge in [-0.15, -0.1) is 0 Å². The van der Waals surface area contributed by atoms with E-state index in [-0.39, 0.29) is 22.0 Å². The average Bonchev–Trinajstić information content (AvgIpc) is 3.56. The molecule has 1 aliphatic heterocycles. The van der Waals surface area contributed by atoms with Crippen LogP contribution in [0.3, 0.4) is 0 Å². The molecule has 1 N–H and O–H groups in total. The molecule has 38 heavy (non-hydrogen) atoms. The van der Waals surface area contributed by atoms with Crippen molar-refractivity contribution in [1.82, 2.24) is 14.4 Å². The van der Waals surface area contributed by atoms with Gasteiger partial charge in [-0.3, -0.25) is 14.5 Å². The van der Waals surface area contributed by atoms with Crippen molar-refractivity contribution in [2.24, 2.45) is 0 Å². The van der Waals surface area contributed by atoms with Crippen LogP contribution in [0.15, 0.2) is 66.4 Å². The quantitative estimate of drug-likeness (QED) is 0.192. The minimum atomic E-state index is -1.25. The van der Waals surface area contributed by atoms with Gasteiger partial charge in [-0.25, -0.2) is 14.4 Å². The number of hydrogen-bond donors (Lipinski definition) is 1. The number of benzene rings is 2. The number of ketones is 1. The van der Waals surface area contributed by atoms with Crippen LogP contribution >= 0.6 is 11.3 Å². The Morgan fingerprint density at radius 3 is 2.61 bits per heavy atom. The Labute approximate surface area is 220 Å². The number of aromatic nitrogens is 3. The number of aliphatic hydroxyl groups is 1. The maximum Gasteiger partial charge on any atom is 0.301 e. The largest absolute Gasteiger partial charge is 0.505 e. The third-order valence-electron chi connectivity index (χ3n) is 6.74. The number of aryl methyl sites for hydroxylation is 2. The van der Waals surface area contributed by atoms with E-state index in [1.165, 1.54) is 29.5 Å². The molecular formula is C28H21FN4O4S. The predicted octanol–water partition coefficient (Wildman–Crippen LogP) is 5.33. The number of halogens is 1. The van der Waals surface area contributed by atoms with Crippen LogP contribution < -0.4 is 9.64 Å². The highest BCUT2D eigenvalue weighted by Crippen LogP contribution is 2.45. The van der Waals surface area contributed by atoms with Crippen LogP contribution in [0.4, 0.5) is 9.52 Å². The Kier molecular flexibility index (Phi) is 5.50. The number of anilines is 1. The van der Waals surface area contributed by atoms with Crippen molar-refractivity contribution in [3.63, 3.8) is 0 Å².